The average molecular weight is 506 g/mol. The molecule has 2 heterocycles. The molecule has 1 saturated heterocycles. The van der Waals surface area contributed by atoms with Crippen LogP contribution in [0.1, 0.15) is 86.0 Å². The summed E-state index contributed by atoms with van der Waals surface area (Å²) in [5, 5.41) is 20.9. The first kappa shape index (κ1) is 30.3. The fourth-order valence-corrected chi connectivity index (χ4v) is 4.93. The predicted molar refractivity (Wildman–Crippen MR) is 141 cm³/mol. The van der Waals surface area contributed by atoms with Gasteiger partial charge in [-0.3, -0.25) is 9.59 Å². The number of epoxide rings is 1. The van der Waals surface area contributed by atoms with Gasteiger partial charge in [0.1, 0.15) is 6.10 Å². The Morgan fingerprint density at radius 1 is 1.33 bits per heavy atom. The summed E-state index contributed by atoms with van der Waals surface area (Å²) in [5.74, 6) is -0.119. The molecule has 2 N–H and O–H groups in total. The molecular weight excluding hydrogens is 458 g/mol. The molecule has 2 rings (SSSR count). The van der Waals surface area contributed by atoms with Crippen molar-refractivity contribution in [2.24, 2.45) is 5.92 Å². The minimum atomic E-state index is -1.04. The zero-order chi connectivity index (χ0) is 26.9. The van der Waals surface area contributed by atoms with E-state index in [1.165, 1.54) is 6.92 Å². The van der Waals surface area contributed by atoms with E-state index < -0.39 is 11.7 Å². The van der Waals surface area contributed by atoms with Gasteiger partial charge in [-0.05, 0) is 52.0 Å². The van der Waals surface area contributed by atoms with Crippen molar-refractivity contribution in [1.29, 1.82) is 0 Å². The van der Waals surface area contributed by atoms with Crippen LogP contribution in [0.4, 0.5) is 0 Å². The number of aliphatic hydroxyl groups excluding tert-OH is 1. The van der Waals surface area contributed by atoms with E-state index in [-0.39, 0.29) is 42.1 Å². The lowest BCUT2D eigenvalue weighted by Crippen LogP contribution is -2.37. The smallest absolute Gasteiger partial charge is 0.303 e. The van der Waals surface area contributed by atoms with Gasteiger partial charge in [-0.15, -0.1) is 0 Å². The van der Waals surface area contributed by atoms with Gasteiger partial charge in [-0.25, -0.2) is 0 Å². The number of aliphatic hydroxyl groups is 2. The van der Waals surface area contributed by atoms with Crippen LogP contribution < -0.4 is 0 Å². The lowest BCUT2D eigenvalue weighted by atomic mass is 9.91. The van der Waals surface area contributed by atoms with Gasteiger partial charge in [-0.1, -0.05) is 50.1 Å². The molecule has 1 fully saturated rings. The standard InChI is InChI=1S/C29H47NO6/c1-7-25(32)21(3)28-26(36-28)19-29(5,34)18-12-13-20(2)24-16-11-15-23(35-22(4)31)14-9-8-10-17-27(33)30(24)6/h11-13,15,18,21,23-26,28,32,34H,7-10,14,16-17,19H2,1-6H3/b15-11+,18-12+,20-13+. The SMILES string of the molecule is CCC(O)C(C)C1OC1CC(C)(O)/C=C/C=C(\C)C1C/C=C/C(OC(C)=O)CCCCCC(=O)N1C. The second kappa shape index (κ2) is 14.1. The van der Waals surface area contributed by atoms with E-state index in [0.717, 1.165) is 31.3 Å². The highest BCUT2D eigenvalue weighted by Crippen LogP contribution is 2.37. The molecular formula is C29H47NO6. The normalized spacial score (nSPS) is 30.6. The topological polar surface area (TPSA) is 99.6 Å². The molecule has 7 atom stereocenters. The molecule has 0 saturated carbocycles. The third-order valence-corrected chi connectivity index (χ3v) is 7.39. The molecule has 36 heavy (non-hydrogen) atoms. The summed E-state index contributed by atoms with van der Waals surface area (Å²) in [6.45, 7) is 9.12. The number of nitrogens with zero attached hydrogens (tertiary/aromatic N) is 1. The molecule has 0 spiro atoms. The largest absolute Gasteiger partial charge is 0.458 e. The first-order valence-electron chi connectivity index (χ1n) is 13.5. The Hall–Kier alpha value is -1.96. The van der Waals surface area contributed by atoms with Gasteiger partial charge in [0, 0.05) is 32.7 Å². The van der Waals surface area contributed by atoms with E-state index >= 15 is 0 Å². The van der Waals surface area contributed by atoms with Crippen LogP contribution in [0.15, 0.2) is 36.0 Å². The number of esters is 1. The van der Waals surface area contributed by atoms with Crippen molar-refractivity contribution in [2.45, 2.75) is 122 Å². The van der Waals surface area contributed by atoms with Crippen molar-refractivity contribution in [1.82, 2.24) is 4.90 Å². The maximum Gasteiger partial charge on any atom is 0.303 e. The predicted octanol–water partition coefficient (Wildman–Crippen LogP) is 4.47. The molecule has 204 valence electrons. The number of hydrogen-bond donors (Lipinski definition) is 2. The van der Waals surface area contributed by atoms with Crippen molar-refractivity contribution in [2.75, 3.05) is 7.05 Å². The quantitative estimate of drug-likeness (QED) is 0.208. The Balaban J connectivity index is 2.06. The Labute approximate surface area is 217 Å². The van der Waals surface area contributed by atoms with Crippen LogP contribution in [-0.2, 0) is 19.1 Å². The van der Waals surface area contributed by atoms with Crippen LogP contribution in [0.5, 0.6) is 0 Å². The van der Waals surface area contributed by atoms with Gasteiger partial charge in [0.25, 0.3) is 0 Å². The molecule has 2 aliphatic rings. The first-order chi connectivity index (χ1) is 16.9. The Kier molecular flexibility index (Phi) is 11.9. The molecule has 7 heteroatoms. The Morgan fingerprint density at radius 3 is 2.72 bits per heavy atom. The van der Waals surface area contributed by atoms with Crippen LogP contribution >= 0.6 is 0 Å². The second-order valence-electron chi connectivity index (χ2n) is 10.7. The number of likely N-dealkylation sites (N-methyl/N-ethyl adjacent to an activating group) is 1. The third kappa shape index (κ3) is 9.83. The molecule has 7 nitrogen and oxygen atoms in total. The average Bonchev–Trinajstić information content (AvgIpc) is 3.56. The molecule has 0 aromatic heterocycles. The number of carbonyl (C=O) groups is 2. The summed E-state index contributed by atoms with van der Waals surface area (Å²) in [7, 11) is 1.84. The zero-order valence-electron chi connectivity index (χ0n) is 23.0. The lowest BCUT2D eigenvalue weighted by Gasteiger charge is -2.29. The fourth-order valence-electron chi connectivity index (χ4n) is 4.93. The van der Waals surface area contributed by atoms with E-state index in [2.05, 4.69) is 0 Å². The number of rotatable bonds is 9. The summed E-state index contributed by atoms with van der Waals surface area (Å²) in [4.78, 5) is 26.0. The van der Waals surface area contributed by atoms with Crippen molar-refractivity contribution in [3.05, 3.63) is 36.0 Å². The fraction of sp³-hybridized carbons (Fsp3) is 0.724. The number of carbonyl (C=O) groups excluding carboxylic acids is 2. The minimum Gasteiger partial charge on any atom is -0.458 e. The van der Waals surface area contributed by atoms with Crippen LogP contribution in [0.3, 0.4) is 0 Å². The third-order valence-electron chi connectivity index (χ3n) is 7.39. The maximum atomic E-state index is 12.8. The molecule has 0 aromatic carbocycles. The van der Waals surface area contributed by atoms with Crippen molar-refractivity contribution in [3.63, 3.8) is 0 Å². The highest BCUT2D eigenvalue weighted by molar-refractivity contribution is 5.76. The van der Waals surface area contributed by atoms with Crippen LogP contribution in [0.2, 0.25) is 0 Å². The molecule has 0 bridgehead atoms. The van der Waals surface area contributed by atoms with Crippen LogP contribution in [-0.4, -0.2) is 70.1 Å². The molecule has 0 aromatic rings. The Bertz CT molecular complexity index is 817. The second-order valence-corrected chi connectivity index (χ2v) is 10.7. The highest BCUT2D eigenvalue weighted by atomic mass is 16.6. The summed E-state index contributed by atoms with van der Waals surface area (Å²) in [6.07, 6.45) is 14.5. The summed E-state index contributed by atoms with van der Waals surface area (Å²) in [6, 6.07) is -0.131. The van der Waals surface area contributed by atoms with Gasteiger partial charge < -0.3 is 24.6 Å². The van der Waals surface area contributed by atoms with Gasteiger partial charge in [0.15, 0.2) is 0 Å². The zero-order valence-corrected chi connectivity index (χ0v) is 23.0. The highest BCUT2D eigenvalue weighted by Gasteiger charge is 2.47. The summed E-state index contributed by atoms with van der Waals surface area (Å²) in [5.41, 5.74) is -0.0396. The number of allylic oxidation sites excluding steroid dienone is 2. The van der Waals surface area contributed by atoms with E-state index in [4.69, 9.17) is 9.47 Å². The lowest BCUT2D eigenvalue weighted by molar-refractivity contribution is -0.144. The first-order valence-corrected chi connectivity index (χ1v) is 13.5. The molecule has 7 unspecified atom stereocenters. The molecule has 1 amide bonds. The minimum absolute atomic E-state index is 0.0180. The van der Waals surface area contributed by atoms with Crippen molar-refractivity contribution < 1.29 is 29.3 Å². The van der Waals surface area contributed by atoms with Crippen LogP contribution in [0, 0.1) is 5.92 Å². The molecule has 0 radical (unpaired) electrons. The number of hydrogen-bond acceptors (Lipinski definition) is 6. The molecule has 2 aliphatic heterocycles. The van der Waals surface area contributed by atoms with Gasteiger partial charge in [0.2, 0.25) is 5.91 Å². The molecule has 0 aliphatic carbocycles. The van der Waals surface area contributed by atoms with E-state index in [1.807, 2.05) is 52.1 Å². The van der Waals surface area contributed by atoms with Gasteiger partial charge in [-0.2, -0.15) is 0 Å². The van der Waals surface area contributed by atoms with E-state index in [0.29, 0.717) is 25.7 Å². The summed E-state index contributed by atoms with van der Waals surface area (Å²) < 4.78 is 11.2. The number of amides is 1. The Morgan fingerprint density at radius 2 is 2.06 bits per heavy atom. The van der Waals surface area contributed by atoms with Crippen LogP contribution in [0.25, 0.3) is 0 Å². The monoisotopic (exact) mass is 505 g/mol. The maximum absolute atomic E-state index is 12.8. The summed E-state index contributed by atoms with van der Waals surface area (Å²) >= 11 is 0. The van der Waals surface area contributed by atoms with Crippen molar-refractivity contribution in [3.8, 4) is 0 Å². The van der Waals surface area contributed by atoms with E-state index in [1.54, 1.807) is 17.9 Å². The van der Waals surface area contributed by atoms with Crippen molar-refractivity contribution >= 4 is 11.9 Å². The number of ether oxygens (including phenoxy) is 2. The van der Waals surface area contributed by atoms with Gasteiger partial charge >= 0.3 is 5.97 Å². The van der Waals surface area contributed by atoms with Gasteiger partial charge in [0.05, 0.1) is 30.0 Å². The van der Waals surface area contributed by atoms with E-state index in [9.17, 15) is 19.8 Å².